The third-order valence-electron chi connectivity index (χ3n) is 2.26. The molecule has 0 radical (unpaired) electrons. The van der Waals surface area contributed by atoms with Crippen molar-refractivity contribution < 1.29 is 23.1 Å². The van der Waals surface area contributed by atoms with Crippen molar-refractivity contribution in [3.05, 3.63) is 40.8 Å². The summed E-state index contributed by atoms with van der Waals surface area (Å²) in [5.74, 6) is -1.21. The number of hydrogen-bond acceptors (Lipinski definition) is 3. The summed E-state index contributed by atoms with van der Waals surface area (Å²) < 4.78 is 41.4. The fourth-order valence-corrected chi connectivity index (χ4v) is 2.12. The van der Waals surface area contributed by atoms with Crippen molar-refractivity contribution in [3.63, 3.8) is 0 Å². The molecule has 2 aromatic rings. The molecule has 1 heterocycles. The predicted molar refractivity (Wildman–Crippen MR) is 59.5 cm³/mol. The molecule has 0 fully saturated rings. The van der Waals surface area contributed by atoms with E-state index in [9.17, 15) is 18.0 Å². The Kier molecular flexibility index (Phi) is 3.08. The predicted octanol–water partition coefficient (Wildman–Crippen LogP) is 3.53. The van der Waals surface area contributed by atoms with Crippen LogP contribution in [0.3, 0.4) is 0 Å². The molecule has 18 heavy (non-hydrogen) atoms. The minimum absolute atomic E-state index is 0.0543. The molecule has 0 aliphatic carbocycles. The molecule has 2 rings (SSSR count). The molecule has 0 bridgehead atoms. The minimum atomic E-state index is -4.46. The van der Waals surface area contributed by atoms with Gasteiger partial charge in [-0.05, 0) is 23.7 Å². The van der Waals surface area contributed by atoms with Crippen LogP contribution in [-0.2, 0) is 6.18 Å². The number of halogens is 3. The monoisotopic (exact) mass is 273 g/mol. The minimum Gasteiger partial charge on any atom is -0.478 e. The summed E-state index contributed by atoms with van der Waals surface area (Å²) in [4.78, 5) is 10.9. The largest absolute Gasteiger partial charge is 0.478 e. The van der Waals surface area contributed by atoms with Crippen LogP contribution in [-0.4, -0.2) is 15.4 Å². The van der Waals surface area contributed by atoms with E-state index < -0.39 is 17.7 Å². The highest BCUT2D eigenvalue weighted by atomic mass is 32.1. The zero-order valence-corrected chi connectivity index (χ0v) is 9.55. The second kappa shape index (κ2) is 4.41. The van der Waals surface area contributed by atoms with Gasteiger partial charge in [0.05, 0.1) is 16.8 Å². The SMILES string of the molecule is O=C(O)c1csnc1-c1cccc(C(F)(F)F)c1. The van der Waals surface area contributed by atoms with Crippen molar-refractivity contribution in [1.82, 2.24) is 4.37 Å². The van der Waals surface area contributed by atoms with Gasteiger partial charge in [-0.15, -0.1) is 0 Å². The van der Waals surface area contributed by atoms with Gasteiger partial charge in [-0.1, -0.05) is 12.1 Å². The summed E-state index contributed by atoms with van der Waals surface area (Å²) in [6.45, 7) is 0. The van der Waals surface area contributed by atoms with Crippen molar-refractivity contribution in [3.8, 4) is 11.3 Å². The highest BCUT2D eigenvalue weighted by molar-refractivity contribution is 7.04. The highest BCUT2D eigenvalue weighted by Crippen LogP contribution is 2.33. The summed E-state index contributed by atoms with van der Waals surface area (Å²) in [6, 6.07) is 4.44. The highest BCUT2D eigenvalue weighted by Gasteiger charge is 2.30. The van der Waals surface area contributed by atoms with E-state index in [2.05, 4.69) is 4.37 Å². The zero-order chi connectivity index (χ0) is 13.3. The number of nitrogens with zero attached hydrogens (tertiary/aromatic N) is 1. The van der Waals surface area contributed by atoms with Crippen LogP contribution in [0, 0.1) is 0 Å². The first-order chi connectivity index (χ1) is 8.39. The second-order valence-corrected chi connectivity index (χ2v) is 4.09. The summed E-state index contributed by atoms with van der Waals surface area (Å²) >= 11 is 0.891. The van der Waals surface area contributed by atoms with E-state index >= 15 is 0 Å². The van der Waals surface area contributed by atoms with Crippen LogP contribution in [0.15, 0.2) is 29.6 Å². The number of benzene rings is 1. The standard InChI is InChI=1S/C11H6F3NO2S/c12-11(13,14)7-3-1-2-6(4-7)9-8(10(16)17)5-18-15-9/h1-5H,(H,16,17). The maximum atomic E-state index is 12.5. The topological polar surface area (TPSA) is 50.2 Å². The van der Waals surface area contributed by atoms with Crippen LogP contribution < -0.4 is 0 Å². The molecule has 1 aromatic carbocycles. The van der Waals surface area contributed by atoms with Gasteiger partial charge in [0.2, 0.25) is 0 Å². The van der Waals surface area contributed by atoms with Crippen molar-refractivity contribution in [2.45, 2.75) is 6.18 Å². The smallest absolute Gasteiger partial charge is 0.416 e. The Morgan fingerprint density at radius 3 is 2.67 bits per heavy atom. The van der Waals surface area contributed by atoms with Crippen LogP contribution in [0.1, 0.15) is 15.9 Å². The number of alkyl halides is 3. The Balaban J connectivity index is 2.52. The van der Waals surface area contributed by atoms with Gasteiger partial charge in [-0.3, -0.25) is 0 Å². The summed E-state index contributed by atoms with van der Waals surface area (Å²) in [7, 11) is 0. The van der Waals surface area contributed by atoms with Gasteiger partial charge >= 0.3 is 12.1 Å². The van der Waals surface area contributed by atoms with Crippen LogP contribution >= 0.6 is 11.5 Å². The molecular formula is C11H6F3NO2S. The molecule has 0 saturated heterocycles. The van der Waals surface area contributed by atoms with E-state index in [1.54, 1.807) is 0 Å². The molecule has 0 atom stereocenters. The average Bonchev–Trinajstić information content (AvgIpc) is 2.77. The lowest BCUT2D eigenvalue weighted by molar-refractivity contribution is -0.137. The van der Waals surface area contributed by atoms with Crippen molar-refractivity contribution in [2.24, 2.45) is 0 Å². The number of carboxylic acid groups (broad SMARTS) is 1. The van der Waals surface area contributed by atoms with E-state index in [-0.39, 0.29) is 16.8 Å². The summed E-state index contributed by atoms with van der Waals surface area (Å²) in [6.07, 6.45) is -4.46. The third-order valence-corrected chi connectivity index (χ3v) is 2.89. The maximum absolute atomic E-state index is 12.5. The van der Waals surface area contributed by atoms with Crippen LogP contribution in [0.4, 0.5) is 13.2 Å². The summed E-state index contributed by atoms with van der Waals surface area (Å²) in [5, 5.41) is 10.2. The molecule has 0 aliphatic heterocycles. The maximum Gasteiger partial charge on any atom is 0.416 e. The number of hydrogen-bond donors (Lipinski definition) is 1. The number of carboxylic acids is 1. The molecule has 0 spiro atoms. The molecule has 0 unspecified atom stereocenters. The van der Waals surface area contributed by atoms with E-state index in [1.165, 1.54) is 17.5 Å². The van der Waals surface area contributed by atoms with Gasteiger partial charge in [-0.25, -0.2) is 4.79 Å². The van der Waals surface area contributed by atoms with Crippen LogP contribution in [0.5, 0.6) is 0 Å². The van der Waals surface area contributed by atoms with Gasteiger partial charge in [0.1, 0.15) is 0 Å². The van der Waals surface area contributed by atoms with Crippen molar-refractivity contribution in [2.75, 3.05) is 0 Å². The quantitative estimate of drug-likeness (QED) is 0.910. The Hall–Kier alpha value is -1.89. The van der Waals surface area contributed by atoms with E-state index in [0.29, 0.717) is 0 Å². The number of carbonyl (C=O) groups is 1. The van der Waals surface area contributed by atoms with Gasteiger partial charge in [-0.2, -0.15) is 17.5 Å². The van der Waals surface area contributed by atoms with E-state index in [1.807, 2.05) is 0 Å². The second-order valence-electron chi connectivity index (χ2n) is 3.46. The van der Waals surface area contributed by atoms with Gasteiger partial charge in [0.15, 0.2) is 0 Å². The first kappa shape index (κ1) is 12.6. The fourth-order valence-electron chi connectivity index (χ4n) is 1.44. The first-order valence-corrected chi connectivity index (χ1v) is 5.58. The average molecular weight is 273 g/mol. The summed E-state index contributed by atoms with van der Waals surface area (Å²) in [5.41, 5.74) is -0.731. The van der Waals surface area contributed by atoms with E-state index in [0.717, 1.165) is 23.7 Å². The molecule has 94 valence electrons. The molecule has 0 saturated carbocycles. The van der Waals surface area contributed by atoms with Crippen LogP contribution in [0.25, 0.3) is 11.3 Å². The zero-order valence-electron chi connectivity index (χ0n) is 8.73. The number of aromatic nitrogens is 1. The first-order valence-electron chi connectivity index (χ1n) is 4.75. The lowest BCUT2D eigenvalue weighted by atomic mass is 10.1. The third kappa shape index (κ3) is 2.35. The molecule has 3 nitrogen and oxygen atoms in total. The Bertz CT molecular complexity index is 592. The Morgan fingerprint density at radius 2 is 2.06 bits per heavy atom. The van der Waals surface area contributed by atoms with E-state index in [4.69, 9.17) is 5.11 Å². The molecule has 7 heteroatoms. The molecular weight excluding hydrogens is 267 g/mol. The lowest BCUT2D eigenvalue weighted by Crippen LogP contribution is -2.05. The van der Waals surface area contributed by atoms with Crippen LogP contribution in [0.2, 0.25) is 0 Å². The molecule has 1 aromatic heterocycles. The lowest BCUT2D eigenvalue weighted by Gasteiger charge is -2.07. The molecule has 1 N–H and O–H groups in total. The number of rotatable bonds is 2. The van der Waals surface area contributed by atoms with Crippen molar-refractivity contribution in [1.29, 1.82) is 0 Å². The molecule has 0 aliphatic rings. The van der Waals surface area contributed by atoms with Crippen molar-refractivity contribution >= 4 is 17.5 Å². The van der Waals surface area contributed by atoms with Gasteiger partial charge in [0, 0.05) is 10.9 Å². The molecule has 0 amide bonds. The number of aromatic carboxylic acids is 1. The fraction of sp³-hybridized carbons (Fsp3) is 0.0909. The van der Waals surface area contributed by atoms with Gasteiger partial charge in [0.25, 0.3) is 0 Å². The Labute approximate surface area is 104 Å². The normalized spacial score (nSPS) is 11.5. The van der Waals surface area contributed by atoms with Gasteiger partial charge < -0.3 is 5.11 Å². The Morgan fingerprint density at radius 1 is 1.33 bits per heavy atom.